The van der Waals surface area contributed by atoms with E-state index in [0.29, 0.717) is 12.0 Å². The van der Waals surface area contributed by atoms with Crippen molar-refractivity contribution < 1.29 is 4.39 Å². The van der Waals surface area contributed by atoms with Crippen LogP contribution in [0.2, 0.25) is 0 Å². The van der Waals surface area contributed by atoms with E-state index in [1.54, 1.807) is 6.07 Å². The molecule has 0 saturated carbocycles. The van der Waals surface area contributed by atoms with Crippen LogP contribution in [-0.4, -0.2) is 13.1 Å². The van der Waals surface area contributed by atoms with Gasteiger partial charge in [-0.1, -0.05) is 38.5 Å². The van der Waals surface area contributed by atoms with E-state index >= 15 is 0 Å². The lowest BCUT2D eigenvalue weighted by Gasteiger charge is -2.20. The molecule has 1 aromatic rings. The summed E-state index contributed by atoms with van der Waals surface area (Å²) >= 11 is 0. The van der Waals surface area contributed by atoms with Gasteiger partial charge in [-0.25, -0.2) is 4.39 Å². The van der Waals surface area contributed by atoms with Gasteiger partial charge >= 0.3 is 0 Å². The summed E-state index contributed by atoms with van der Waals surface area (Å²) < 4.78 is 13.5. The van der Waals surface area contributed by atoms with Crippen LogP contribution in [0.15, 0.2) is 24.3 Å². The molecular formula is C14H22FN. The lowest BCUT2D eigenvalue weighted by atomic mass is 9.94. The van der Waals surface area contributed by atoms with Gasteiger partial charge in [-0.15, -0.1) is 0 Å². The van der Waals surface area contributed by atoms with Crippen LogP contribution in [0.5, 0.6) is 0 Å². The summed E-state index contributed by atoms with van der Waals surface area (Å²) in [5, 5.41) is 3.28. The predicted molar refractivity (Wildman–Crippen MR) is 67.0 cm³/mol. The van der Waals surface area contributed by atoms with Gasteiger partial charge in [0.1, 0.15) is 5.82 Å². The molecule has 0 fully saturated rings. The Morgan fingerprint density at radius 3 is 2.56 bits per heavy atom. The van der Waals surface area contributed by atoms with E-state index < -0.39 is 0 Å². The van der Waals surface area contributed by atoms with Crippen LogP contribution in [0.25, 0.3) is 0 Å². The van der Waals surface area contributed by atoms with Crippen molar-refractivity contribution in [2.75, 3.05) is 7.05 Å². The molecule has 2 atom stereocenters. The highest BCUT2D eigenvalue weighted by Gasteiger charge is 2.12. The Kier molecular flexibility index (Phi) is 5.47. The SMILES string of the molecule is CCC(C)CC(Cc1ccccc1F)NC. The monoisotopic (exact) mass is 223 g/mol. The number of likely N-dealkylation sites (N-methyl/N-ethyl adjacent to an activating group) is 1. The summed E-state index contributed by atoms with van der Waals surface area (Å²) in [7, 11) is 1.95. The highest BCUT2D eigenvalue weighted by molar-refractivity contribution is 5.18. The van der Waals surface area contributed by atoms with E-state index in [9.17, 15) is 4.39 Å². The van der Waals surface area contributed by atoms with Gasteiger partial charge in [0.25, 0.3) is 0 Å². The molecule has 0 aliphatic carbocycles. The van der Waals surface area contributed by atoms with Crippen LogP contribution in [0, 0.1) is 11.7 Å². The van der Waals surface area contributed by atoms with Crippen LogP contribution >= 0.6 is 0 Å². The molecule has 1 nitrogen and oxygen atoms in total. The van der Waals surface area contributed by atoms with Crippen molar-refractivity contribution in [2.45, 2.75) is 39.2 Å². The van der Waals surface area contributed by atoms with Gasteiger partial charge in [0, 0.05) is 6.04 Å². The summed E-state index contributed by atoms with van der Waals surface area (Å²) in [6.07, 6.45) is 3.05. The molecule has 2 heteroatoms. The zero-order valence-corrected chi connectivity index (χ0v) is 10.5. The van der Waals surface area contributed by atoms with Crippen molar-refractivity contribution in [1.29, 1.82) is 0 Å². The van der Waals surface area contributed by atoms with Crippen LogP contribution in [-0.2, 0) is 6.42 Å². The third-order valence-electron chi connectivity index (χ3n) is 3.22. The molecule has 1 N–H and O–H groups in total. The molecule has 1 rings (SSSR count). The molecule has 0 aliphatic heterocycles. The predicted octanol–water partition coefficient (Wildman–Crippen LogP) is 3.39. The lowest BCUT2D eigenvalue weighted by Crippen LogP contribution is -2.29. The molecule has 0 aliphatic rings. The Balaban J connectivity index is 2.60. The van der Waals surface area contributed by atoms with E-state index in [1.165, 1.54) is 12.5 Å². The maximum absolute atomic E-state index is 13.5. The maximum atomic E-state index is 13.5. The van der Waals surface area contributed by atoms with E-state index in [0.717, 1.165) is 18.4 Å². The fourth-order valence-electron chi connectivity index (χ4n) is 1.89. The van der Waals surface area contributed by atoms with Crippen molar-refractivity contribution in [3.8, 4) is 0 Å². The number of hydrogen-bond acceptors (Lipinski definition) is 1. The quantitative estimate of drug-likeness (QED) is 0.779. The van der Waals surface area contributed by atoms with Crippen molar-refractivity contribution in [2.24, 2.45) is 5.92 Å². The second-order valence-corrected chi connectivity index (χ2v) is 4.53. The molecule has 0 bridgehead atoms. The third-order valence-corrected chi connectivity index (χ3v) is 3.22. The maximum Gasteiger partial charge on any atom is 0.126 e. The van der Waals surface area contributed by atoms with E-state index in [-0.39, 0.29) is 5.82 Å². The van der Waals surface area contributed by atoms with Crippen molar-refractivity contribution >= 4 is 0 Å². The average molecular weight is 223 g/mol. The largest absolute Gasteiger partial charge is 0.317 e. The normalized spacial score (nSPS) is 14.8. The Morgan fingerprint density at radius 1 is 1.31 bits per heavy atom. The fraction of sp³-hybridized carbons (Fsp3) is 0.571. The van der Waals surface area contributed by atoms with Crippen LogP contribution in [0.3, 0.4) is 0 Å². The number of rotatable bonds is 6. The molecule has 0 saturated heterocycles. The molecule has 0 radical (unpaired) electrons. The summed E-state index contributed by atoms with van der Waals surface area (Å²) in [6, 6.07) is 7.41. The molecule has 16 heavy (non-hydrogen) atoms. The number of benzene rings is 1. The Labute approximate surface area is 98.1 Å². The Morgan fingerprint density at radius 2 is 2.00 bits per heavy atom. The number of halogens is 1. The molecule has 1 aromatic carbocycles. The fourth-order valence-corrected chi connectivity index (χ4v) is 1.89. The van der Waals surface area contributed by atoms with E-state index in [4.69, 9.17) is 0 Å². The van der Waals surface area contributed by atoms with E-state index in [2.05, 4.69) is 19.2 Å². The summed E-state index contributed by atoms with van der Waals surface area (Å²) in [4.78, 5) is 0. The van der Waals surface area contributed by atoms with Crippen LogP contribution in [0.4, 0.5) is 4.39 Å². The number of hydrogen-bond donors (Lipinski definition) is 1. The summed E-state index contributed by atoms with van der Waals surface area (Å²) in [6.45, 7) is 4.44. The zero-order chi connectivity index (χ0) is 12.0. The van der Waals surface area contributed by atoms with Gasteiger partial charge in [-0.05, 0) is 37.4 Å². The molecule has 0 amide bonds. The summed E-state index contributed by atoms with van der Waals surface area (Å²) in [5.74, 6) is 0.594. The Bertz CT molecular complexity index is 311. The highest BCUT2D eigenvalue weighted by atomic mass is 19.1. The van der Waals surface area contributed by atoms with Crippen molar-refractivity contribution in [1.82, 2.24) is 5.32 Å². The average Bonchev–Trinajstić information content (AvgIpc) is 2.30. The molecule has 0 aromatic heterocycles. The minimum Gasteiger partial charge on any atom is -0.317 e. The standard InChI is InChI=1S/C14H22FN/c1-4-11(2)9-13(16-3)10-12-7-5-6-8-14(12)15/h5-8,11,13,16H,4,9-10H2,1-3H3. The second kappa shape index (κ2) is 6.64. The molecule has 90 valence electrons. The Hall–Kier alpha value is -0.890. The van der Waals surface area contributed by atoms with Gasteiger partial charge in [0.2, 0.25) is 0 Å². The smallest absolute Gasteiger partial charge is 0.126 e. The zero-order valence-electron chi connectivity index (χ0n) is 10.5. The van der Waals surface area contributed by atoms with Gasteiger partial charge in [0.05, 0.1) is 0 Å². The van der Waals surface area contributed by atoms with Gasteiger partial charge in [-0.3, -0.25) is 0 Å². The first-order valence-electron chi connectivity index (χ1n) is 6.08. The highest BCUT2D eigenvalue weighted by Crippen LogP contribution is 2.15. The van der Waals surface area contributed by atoms with Gasteiger partial charge < -0.3 is 5.32 Å². The third kappa shape index (κ3) is 3.93. The van der Waals surface area contributed by atoms with E-state index in [1.807, 2.05) is 19.2 Å². The van der Waals surface area contributed by atoms with Crippen molar-refractivity contribution in [3.63, 3.8) is 0 Å². The topological polar surface area (TPSA) is 12.0 Å². The van der Waals surface area contributed by atoms with Crippen molar-refractivity contribution in [3.05, 3.63) is 35.6 Å². The molecule has 0 spiro atoms. The van der Waals surface area contributed by atoms with Gasteiger partial charge in [-0.2, -0.15) is 0 Å². The molecule has 2 unspecified atom stereocenters. The first kappa shape index (κ1) is 13.2. The minimum absolute atomic E-state index is 0.0908. The first-order chi connectivity index (χ1) is 7.67. The van der Waals surface area contributed by atoms with Gasteiger partial charge in [0.15, 0.2) is 0 Å². The first-order valence-corrected chi connectivity index (χ1v) is 6.08. The molecule has 0 heterocycles. The number of nitrogens with one attached hydrogen (secondary N) is 1. The van der Waals surface area contributed by atoms with Crippen LogP contribution in [0.1, 0.15) is 32.3 Å². The summed E-state index contributed by atoms with van der Waals surface area (Å²) in [5.41, 5.74) is 0.810. The second-order valence-electron chi connectivity index (χ2n) is 4.53. The van der Waals surface area contributed by atoms with Crippen LogP contribution < -0.4 is 5.32 Å². The lowest BCUT2D eigenvalue weighted by molar-refractivity contribution is 0.406. The molecular weight excluding hydrogens is 201 g/mol. The minimum atomic E-state index is -0.0908.